The lowest BCUT2D eigenvalue weighted by Crippen LogP contribution is -2.25. The van der Waals surface area contributed by atoms with Gasteiger partial charge in [-0.1, -0.05) is 24.3 Å². The summed E-state index contributed by atoms with van der Waals surface area (Å²) < 4.78 is 0. The summed E-state index contributed by atoms with van der Waals surface area (Å²) in [5.74, 6) is -1.32. The van der Waals surface area contributed by atoms with E-state index in [2.05, 4.69) is 4.90 Å². The van der Waals surface area contributed by atoms with E-state index in [-0.39, 0.29) is 0 Å². The van der Waals surface area contributed by atoms with Gasteiger partial charge in [-0.2, -0.15) is 0 Å². The molecule has 0 atom stereocenters. The minimum Gasteiger partial charge on any atom is -0.478 e. The molecule has 2 aromatic carbocycles. The van der Waals surface area contributed by atoms with Crippen LogP contribution in [-0.4, -0.2) is 27.9 Å². The highest BCUT2D eigenvalue weighted by Gasteiger charge is 2.28. The largest absolute Gasteiger partial charge is 0.478 e. The highest BCUT2D eigenvalue weighted by molar-refractivity contribution is 5.92. The number of benzene rings is 2. The minimum absolute atomic E-state index is 0.304. The number of aromatic carboxylic acids is 1. The molecule has 124 valence electrons. The molecule has 0 heterocycles. The van der Waals surface area contributed by atoms with E-state index in [0.717, 1.165) is 24.2 Å². The summed E-state index contributed by atoms with van der Waals surface area (Å²) in [6.45, 7) is 1.58. The predicted molar refractivity (Wildman–Crippen MR) is 90.6 cm³/mol. The fourth-order valence-electron chi connectivity index (χ4n) is 2.75. The number of amides is 1. The Balaban J connectivity index is 1.68. The first-order valence-electron chi connectivity index (χ1n) is 7.98. The smallest absolute Gasteiger partial charge is 0.335 e. The van der Waals surface area contributed by atoms with Crippen LogP contribution in [0.2, 0.25) is 0 Å². The first kappa shape index (κ1) is 16.2. The molecule has 1 fully saturated rings. The van der Waals surface area contributed by atoms with Gasteiger partial charge in [0.2, 0.25) is 5.91 Å². The standard InChI is InChI=1S/C19H20N2O3/c20-18(22)15-5-1-13(2-6-15)11-21(17-9-10-17)12-14-3-7-16(8-4-14)19(23)24/h1-8,17H,9-12H2,(H2,20,22)(H,23,24). The highest BCUT2D eigenvalue weighted by Crippen LogP contribution is 2.30. The first-order chi connectivity index (χ1) is 11.5. The second-order valence-corrected chi connectivity index (χ2v) is 6.20. The molecular formula is C19H20N2O3. The molecule has 0 bridgehead atoms. The molecule has 1 saturated carbocycles. The van der Waals surface area contributed by atoms with E-state index in [9.17, 15) is 9.59 Å². The lowest BCUT2D eigenvalue weighted by Gasteiger charge is -2.22. The molecule has 0 aromatic heterocycles. The Morgan fingerprint density at radius 2 is 1.38 bits per heavy atom. The Kier molecular flexibility index (Phi) is 4.62. The van der Waals surface area contributed by atoms with Crippen molar-refractivity contribution in [2.24, 2.45) is 5.73 Å². The maximum absolute atomic E-state index is 11.1. The molecule has 0 spiro atoms. The molecular weight excluding hydrogens is 304 g/mol. The molecule has 0 unspecified atom stereocenters. The molecule has 3 N–H and O–H groups in total. The lowest BCUT2D eigenvalue weighted by atomic mass is 10.1. The van der Waals surface area contributed by atoms with Crippen LogP contribution in [0.4, 0.5) is 0 Å². The number of carboxylic acids is 1. The zero-order valence-electron chi connectivity index (χ0n) is 13.3. The molecule has 0 radical (unpaired) electrons. The Hall–Kier alpha value is -2.66. The van der Waals surface area contributed by atoms with Gasteiger partial charge < -0.3 is 10.8 Å². The molecule has 3 rings (SSSR count). The number of nitrogens with two attached hydrogens (primary N) is 1. The van der Waals surface area contributed by atoms with Gasteiger partial charge in [0, 0.05) is 24.7 Å². The van der Waals surface area contributed by atoms with E-state index in [0.29, 0.717) is 17.2 Å². The third-order valence-electron chi connectivity index (χ3n) is 4.27. The molecule has 0 saturated heterocycles. The Labute approximate surface area is 140 Å². The van der Waals surface area contributed by atoms with Gasteiger partial charge in [-0.25, -0.2) is 4.79 Å². The number of carboxylic acid groups (broad SMARTS) is 1. The van der Waals surface area contributed by atoms with Gasteiger partial charge in [0.05, 0.1) is 5.56 Å². The fourth-order valence-corrected chi connectivity index (χ4v) is 2.75. The summed E-state index contributed by atoms with van der Waals surface area (Å²) in [5, 5.41) is 8.97. The van der Waals surface area contributed by atoms with Crippen molar-refractivity contribution < 1.29 is 14.7 Å². The maximum Gasteiger partial charge on any atom is 0.335 e. The lowest BCUT2D eigenvalue weighted by molar-refractivity contribution is 0.0696. The predicted octanol–water partition coefficient (Wildman–Crippen LogP) is 2.65. The second-order valence-electron chi connectivity index (χ2n) is 6.20. The van der Waals surface area contributed by atoms with Gasteiger partial charge >= 0.3 is 5.97 Å². The zero-order valence-corrected chi connectivity index (χ0v) is 13.3. The summed E-state index contributed by atoms with van der Waals surface area (Å²) in [5.41, 5.74) is 8.32. The van der Waals surface area contributed by atoms with Crippen LogP contribution >= 0.6 is 0 Å². The van der Waals surface area contributed by atoms with Crippen LogP contribution < -0.4 is 5.73 Å². The highest BCUT2D eigenvalue weighted by atomic mass is 16.4. The molecule has 5 heteroatoms. The number of hydrogen-bond acceptors (Lipinski definition) is 3. The fraction of sp³-hybridized carbons (Fsp3) is 0.263. The third-order valence-corrected chi connectivity index (χ3v) is 4.27. The van der Waals surface area contributed by atoms with E-state index < -0.39 is 11.9 Å². The van der Waals surface area contributed by atoms with Crippen molar-refractivity contribution >= 4 is 11.9 Å². The summed E-state index contributed by atoms with van der Waals surface area (Å²) in [6.07, 6.45) is 2.37. The van der Waals surface area contributed by atoms with Crippen LogP contribution in [0.3, 0.4) is 0 Å². The molecule has 1 amide bonds. The number of carbonyl (C=O) groups excluding carboxylic acids is 1. The Morgan fingerprint density at radius 1 is 0.917 bits per heavy atom. The van der Waals surface area contributed by atoms with Gasteiger partial charge in [0.1, 0.15) is 0 Å². The van der Waals surface area contributed by atoms with Crippen molar-refractivity contribution in [1.82, 2.24) is 4.90 Å². The van der Waals surface area contributed by atoms with Crippen LogP contribution in [0.5, 0.6) is 0 Å². The van der Waals surface area contributed by atoms with Crippen molar-refractivity contribution in [2.45, 2.75) is 32.0 Å². The third kappa shape index (κ3) is 4.00. The van der Waals surface area contributed by atoms with Crippen molar-refractivity contribution in [1.29, 1.82) is 0 Å². The van der Waals surface area contributed by atoms with Gasteiger partial charge in [-0.05, 0) is 48.2 Å². The van der Waals surface area contributed by atoms with E-state index in [1.807, 2.05) is 24.3 Å². The number of primary amides is 1. The number of rotatable bonds is 7. The van der Waals surface area contributed by atoms with Gasteiger partial charge in [0.15, 0.2) is 0 Å². The maximum atomic E-state index is 11.1. The Morgan fingerprint density at radius 3 is 1.75 bits per heavy atom. The summed E-state index contributed by atoms with van der Waals surface area (Å²) in [7, 11) is 0. The molecule has 24 heavy (non-hydrogen) atoms. The molecule has 2 aromatic rings. The average molecular weight is 324 g/mol. The Bertz CT molecular complexity index is 675. The number of nitrogens with zero attached hydrogens (tertiary/aromatic N) is 1. The van der Waals surface area contributed by atoms with Gasteiger partial charge in [0.25, 0.3) is 0 Å². The molecule has 1 aliphatic rings. The summed E-state index contributed by atoms with van der Waals surface area (Å²) in [4.78, 5) is 24.4. The number of hydrogen-bond donors (Lipinski definition) is 2. The van der Waals surface area contributed by atoms with Crippen molar-refractivity contribution in [3.63, 3.8) is 0 Å². The molecule has 1 aliphatic carbocycles. The van der Waals surface area contributed by atoms with E-state index in [1.165, 1.54) is 12.8 Å². The van der Waals surface area contributed by atoms with E-state index >= 15 is 0 Å². The van der Waals surface area contributed by atoms with Crippen LogP contribution in [0.25, 0.3) is 0 Å². The van der Waals surface area contributed by atoms with Gasteiger partial charge in [-0.3, -0.25) is 9.69 Å². The first-order valence-corrected chi connectivity index (χ1v) is 7.98. The zero-order chi connectivity index (χ0) is 17.1. The second kappa shape index (κ2) is 6.84. The van der Waals surface area contributed by atoms with E-state index in [4.69, 9.17) is 10.8 Å². The van der Waals surface area contributed by atoms with Crippen LogP contribution in [0.1, 0.15) is 44.7 Å². The molecule has 5 nitrogen and oxygen atoms in total. The van der Waals surface area contributed by atoms with Crippen molar-refractivity contribution in [3.8, 4) is 0 Å². The van der Waals surface area contributed by atoms with Crippen molar-refractivity contribution in [3.05, 3.63) is 70.8 Å². The normalized spacial score (nSPS) is 13.9. The van der Waals surface area contributed by atoms with Gasteiger partial charge in [-0.15, -0.1) is 0 Å². The van der Waals surface area contributed by atoms with E-state index in [1.54, 1.807) is 24.3 Å². The van der Waals surface area contributed by atoms with Crippen molar-refractivity contribution in [2.75, 3.05) is 0 Å². The summed E-state index contributed by atoms with van der Waals surface area (Å²) in [6, 6.07) is 15.0. The SMILES string of the molecule is NC(=O)c1ccc(CN(Cc2ccc(C(=O)O)cc2)C2CC2)cc1. The number of carbonyl (C=O) groups is 2. The topological polar surface area (TPSA) is 83.6 Å². The van der Waals surface area contributed by atoms with Crippen LogP contribution in [0.15, 0.2) is 48.5 Å². The van der Waals surface area contributed by atoms with Crippen LogP contribution in [0, 0.1) is 0 Å². The minimum atomic E-state index is -0.907. The monoisotopic (exact) mass is 324 g/mol. The molecule has 0 aliphatic heterocycles. The average Bonchev–Trinajstić information content (AvgIpc) is 3.40. The quantitative estimate of drug-likeness (QED) is 0.820. The summed E-state index contributed by atoms with van der Waals surface area (Å²) >= 11 is 0. The van der Waals surface area contributed by atoms with Crippen LogP contribution in [-0.2, 0) is 13.1 Å².